The summed E-state index contributed by atoms with van der Waals surface area (Å²) in [6, 6.07) is 1.71. The van der Waals surface area contributed by atoms with Crippen molar-refractivity contribution in [3.63, 3.8) is 0 Å². The second kappa shape index (κ2) is 3.42. The first-order valence-electron chi connectivity index (χ1n) is 4.76. The molecule has 14 heavy (non-hydrogen) atoms. The van der Waals surface area contributed by atoms with Crippen LogP contribution in [0.25, 0.3) is 0 Å². The van der Waals surface area contributed by atoms with E-state index >= 15 is 0 Å². The van der Waals surface area contributed by atoms with Gasteiger partial charge in [-0.1, -0.05) is 0 Å². The van der Waals surface area contributed by atoms with Crippen molar-refractivity contribution in [2.45, 2.75) is 31.2 Å². The predicted molar refractivity (Wildman–Crippen MR) is 52.6 cm³/mol. The third-order valence-corrected chi connectivity index (χ3v) is 2.64. The summed E-state index contributed by atoms with van der Waals surface area (Å²) >= 11 is 0. The van der Waals surface area contributed by atoms with Gasteiger partial charge in [0.15, 0.2) is 0 Å². The fourth-order valence-corrected chi connectivity index (χ4v) is 1.65. The summed E-state index contributed by atoms with van der Waals surface area (Å²) in [5.41, 5.74) is 5.69. The molecule has 4 N–H and O–H groups in total. The molecule has 0 bridgehead atoms. The molecule has 1 saturated carbocycles. The van der Waals surface area contributed by atoms with Gasteiger partial charge in [-0.05, 0) is 19.3 Å². The number of H-pyrrole nitrogens is 1. The molecule has 1 aromatic rings. The van der Waals surface area contributed by atoms with E-state index in [1.807, 2.05) is 0 Å². The number of nitrogens with one attached hydrogen (secondary N) is 2. The van der Waals surface area contributed by atoms with Crippen molar-refractivity contribution < 1.29 is 4.79 Å². The molecule has 1 aliphatic rings. The van der Waals surface area contributed by atoms with Gasteiger partial charge in [0.05, 0.1) is 6.20 Å². The van der Waals surface area contributed by atoms with Crippen LogP contribution in [0.5, 0.6) is 0 Å². The molecule has 2 rings (SSSR count). The zero-order valence-electron chi connectivity index (χ0n) is 7.92. The summed E-state index contributed by atoms with van der Waals surface area (Å²) in [4.78, 5) is 11.5. The molecular formula is C9H14N4O. The van der Waals surface area contributed by atoms with Gasteiger partial charge < -0.3 is 11.1 Å². The maximum absolute atomic E-state index is 11.5. The van der Waals surface area contributed by atoms with Gasteiger partial charge in [-0.2, -0.15) is 5.10 Å². The average Bonchev–Trinajstić information content (AvgIpc) is 2.53. The van der Waals surface area contributed by atoms with E-state index in [-0.39, 0.29) is 11.4 Å². The van der Waals surface area contributed by atoms with Crippen molar-refractivity contribution in [1.82, 2.24) is 10.2 Å². The predicted octanol–water partition coefficient (Wildman–Crippen LogP) is 0.620. The molecule has 76 valence electrons. The van der Waals surface area contributed by atoms with Crippen molar-refractivity contribution in [2.24, 2.45) is 5.73 Å². The molecule has 0 radical (unpaired) electrons. The van der Waals surface area contributed by atoms with Gasteiger partial charge in [0.2, 0.25) is 5.91 Å². The second-order valence-corrected chi connectivity index (χ2v) is 3.91. The second-order valence-electron chi connectivity index (χ2n) is 3.91. The fraction of sp³-hybridized carbons (Fsp3) is 0.556. The van der Waals surface area contributed by atoms with Gasteiger partial charge in [-0.3, -0.25) is 9.89 Å². The Labute approximate surface area is 82.1 Å². The molecule has 1 heterocycles. The van der Waals surface area contributed by atoms with E-state index < -0.39 is 0 Å². The number of carbonyl (C=O) groups is 1. The minimum absolute atomic E-state index is 0.0450. The number of anilines is 1. The third-order valence-electron chi connectivity index (χ3n) is 2.64. The lowest BCUT2D eigenvalue weighted by Crippen LogP contribution is -2.48. The first-order valence-corrected chi connectivity index (χ1v) is 4.76. The largest absolute Gasteiger partial charge is 0.325 e. The Morgan fingerprint density at radius 3 is 3.00 bits per heavy atom. The maximum Gasteiger partial charge on any atom is 0.227 e. The topological polar surface area (TPSA) is 83.8 Å². The van der Waals surface area contributed by atoms with Gasteiger partial charge in [-0.25, -0.2) is 0 Å². The summed E-state index contributed by atoms with van der Waals surface area (Å²) in [7, 11) is 0. The van der Waals surface area contributed by atoms with Crippen LogP contribution in [-0.2, 0) is 4.79 Å². The van der Waals surface area contributed by atoms with Crippen LogP contribution in [-0.4, -0.2) is 21.6 Å². The molecule has 0 aromatic carbocycles. The van der Waals surface area contributed by atoms with Crippen LogP contribution < -0.4 is 11.1 Å². The van der Waals surface area contributed by atoms with Crippen LogP contribution in [0, 0.1) is 0 Å². The van der Waals surface area contributed by atoms with Crippen molar-refractivity contribution in [3.05, 3.63) is 12.3 Å². The summed E-state index contributed by atoms with van der Waals surface area (Å²) in [5, 5.41) is 9.11. The highest BCUT2D eigenvalue weighted by atomic mass is 16.1. The lowest BCUT2D eigenvalue weighted by molar-refractivity contribution is -0.118. The first kappa shape index (κ1) is 9.21. The first-order chi connectivity index (χ1) is 6.68. The quantitative estimate of drug-likeness (QED) is 0.659. The fourth-order valence-electron chi connectivity index (χ4n) is 1.65. The number of hydrogen-bond acceptors (Lipinski definition) is 3. The zero-order valence-corrected chi connectivity index (χ0v) is 7.92. The summed E-state index contributed by atoms with van der Waals surface area (Å²) < 4.78 is 0. The smallest absolute Gasteiger partial charge is 0.227 e. The third kappa shape index (κ3) is 1.93. The molecule has 5 heteroatoms. The monoisotopic (exact) mass is 194 g/mol. The van der Waals surface area contributed by atoms with E-state index in [1.165, 1.54) is 0 Å². The van der Waals surface area contributed by atoms with Crippen LogP contribution in [0.15, 0.2) is 12.3 Å². The van der Waals surface area contributed by atoms with E-state index in [2.05, 4.69) is 15.5 Å². The Bertz CT molecular complexity index is 316. The molecule has 0 aliphatic heterocycles. The Balaban J connectivity index is 1.84. The lowest BCUT2D eigenvalue weighted by Gasteiger charge is -2.37. The maximum atomic E-state index is 11.5. The van der Waals surface area contributed by atoms with Gasteiger partial charge in [0.1, 0.15) is 5.82 Å². The van der Waals surface area contributed by atoms with Crippen molar-refractivity contribution >= 4 is 11.7 Å². The van der Waals surface area contributed by atoms with Crippen molar-refractivity contribution in [2.75, 3.05) is 5.32 Å². The van der Waals surface area contributed by atoms with Crippen LogP contribution in [0.3, 0.4) is 0 Å². The minimum Gasteiger partial charge on any atom is -0.325 e. The number of carbonyl (C=O) groups excluding carboxylic acids is 1. The van der Waals surface area contributed by atoms with Crippen LogP contribution in [0.2, 0.25) is 0 Å². The molecule has 1 aromatic heterocycles. The average molecular weight is 194 g/mol. The molecule has 1 fully saturated rings. The zero-order chi connectivity index (χ0) is 10.0. The molecule has 1 amide bonds. The van der Waals surface area contributed by atoms with Gasteiger partial charge in [-0.15, -0.1) is 0 Å². The minimum atomic E-state index is -0.260. The molecule has 1 aliphatic carbocycles. The SMILES string of the molecule is NC1(CC(=O)Nc2ccn[nH]2)CCC1. The van der Waals surface area contributed by atoms with Crippen LogP contribution in [0.1, 0.15) is 25.7 Å². The van der Waals surface area contributed by atoms with E-state index in [4.69, 9.17) is 5.73 Å². The van der Waals surface area contributed by atoms with E-state index in [1.54, 1.807) is 12.3 Å². The molecule has 0 saturated heterocycles. The number of hydrogen-bond donors (Lipinski definition) is 3. The Morgan fingerprint density at radius 2 is 2.50 bits per heavy atom. The standard InChI is InChI=1S/C9H14N4O/c10-9(3-1-4-9)6-8(14)12-7-2-5-11-13-7/h2,5H,1,3-4,6,10H2,(H2,11,12,13,14). The normalized spacial score (nSPS) is 18.6. The summed E-state index contributed by atoms with van der Waals surface area (Å²) in [6.07, 6.45) is 5.02. The highest BCUT2D eigenvalue weighted by molar-refractivity contribution is 5.90. The number of rotatable bonds is 3. The van der Waals surface area contributed by atoms with Crippen LogP contribution >= 0.6 is 0 Å². The lowest BCUT2D eigenvalue weighted by atomic mass is 9.75. The number of aromatic amines is 1. The van der Waals surface area contributed by atoms with E-state index in [0.29, 0.717) is 12.2 Å². The Hall–Kier alpha value is -1.36. The van der Waals surface area contributed by atoms with Crippen molar-refractivity contribution in [3.8, 4) is 0 Å². The van der Waals surface area contributed by atoms with Crippen LogP contribution in [0.4, 0.5) is 5.82 Å². The number of nitrogens with two attached hydrogens (primary N) is 1. The highest BCUT2D eigenvalue weighted by Crippen LogP contribution is 2.32. The van der Waals surface area contributed by atoms with Gasteiger partial charge in [0.25, 0.3) is 0 Å². The highest BCUT2D eigenvalue weighted by Gasteiger charge is 2.34. The number of amides is 1. The molecule has 0 spiro atoms. The molecule has 0 atom stereocenters. The van der Waals surface area contributed by atoms with E-state index in [9.17, 15) is 4.79 Å². The Kier molecular flexibility index (Phi) is 2.25. The summed E-state index contributed by atoms with van der Waals surface area (Å²) in [6.45, 7) is 0. The number of nitrogens with zero attached hydrogens (tertiary/aromatic N) is 1. The van der Waals surface area contributed by atoms with Crippen molar-refractivity contribution in [1.29, 1.82) is 0 Å². The number of aromatic nitrogens is 2. The van der Waals surface area contributed by atoms with Gasteiger partial charge >= 0.3 is 0 Å². The Morgan fingerprint density at radius 1 is 1.71 bits per heavy atom. The molecular weight excluding hydrogens is 180 g/mol. The van der Waals surface area contributed by atoms with Gasteiger partial charge in [0, 0.05) is 18.0 Å². The van der Waals surface area contributed by atoms with E-state index in [0.717, 1.165) is 19.3 Å². The molecule has 5 nitrogen and oxygen atoms in total. The molecule has 0 unspecified atom stereocenters. The summed E-state index contributed by atoms with van der Waals surface area (Å²) in [5.74, 6) is 0.578.